The molecule has 0 saturated heterocycles. The summed E-state index contributed by atoms with van der Waals surface area (Å²) in [5, 5.41) is 27.9. The van der Waals surface area contributed by atoms with Crippen molar-refractivity contribution in [2.24, 2.45) is 0 Å². The van der Waals surface area contributed by atoms with Crippen molar-refractivity contribution < 1.29 is 19.9 Å². The molecule has 0 spiro atoms. The lowest BCUT2D eigenvalue weighted by Gasteiger charge is -2.02. The molecule has 2 N–H and O–H groups in total. The fraction of sp³-hybridized carbons (Fsp3) is 0.125. The number of rotatable bonds is 3. The zero-order valence-electron chi connectivity index (χ0n) is 7.31. The standard InChI is InChI=1S/C8H6ClNO5/c9-5-1-4(3-7(11)12)2-6(8(5)13)10(14)15/h1-2,13H,3H2,(H,11,12). The van der Waals surface area contributed by atoms with Crippen LogP contribution in [0.2, 0.25) is 5.02 Å². The van der Waals surface area contributed by atoms with E-state index in [0.29, 0.717) is 0 Å². The largest absolute Gasteiger partial charge is 0.501 e. The third-order valence-corrected chi connectivity index (χ3v) is 1.94. The highest BCUT2D eigenvalue weighted by atomic mass is 35.5. The van der Waals surface area contributed by atoms with Gasteiger partial charge < -0.3 is 10.2 Å². The number of carbonyl (C=O) groups is 1. The van der Waals surface area contributed by atoms with Crippen molar-refractivity contribution in [2.75, 3.05) is 0 Å². The third kappa shape index (κ3) is 2.57. The Labute approximate surface area is 88.9 Å². The Balaban J connectivity index is 3.23. The molecule has 1 aromatic rings. The number of halogens is 1. The highest BCUT2D eigenvalue weighted by molar-refractivity contribution is 6.32. The van der Waals surface area contributed by atoms with Gasteiger partial charge in [-0.2, -0.15) is 0 Å². The lowest BCUT2D eigenvalue weighted by Crippen LogP contribution is -2.01. The highest BCUT2D eigenvalue weighted by Crippen LogP contribution is 2.34. The molecule has 80 valence electrons. The SMILES string of the molecule is O=C(O)Cc1cc(Cl)c(O)c([N+](=O)[O-])c1. The maximum Gasteiger partial charge on any atom is 0.312 e. The first-order valence-corrected chi connectivity index (χ1v) is 4.17. The Hall–Kier alpha value is -1.82. The van der Waals surface area contributed by atoms with Gasteiger partial charge in [0.05, 0.1) is 16.4 Å². The van der Waals surface area contributed by atoms with E-state index in [-0.39, 0.29) is 17.0 Å². The molecule has 15 heavy (non-hydrogen) atoms. The molecule has 0 aromatic heterocycles. The fourth-order valence-corrected chi connectivity index (χ4v) is 1.29. The van der Waals surface area contributed by atoms with Gasteiger partial charge in [-0.05, 0) is 11.6 Å². The van der Waals surface area contributed by atoms with Crippen molar-refractivity contribution in [3.05, 3.63) is 32.8 Å². The average Bonchev–Trinajstić information content (AvgIpc) is 2.09. The number of phenols is 1. The van der Waals surface area contributed by atoms with E-state index in [1.807, 2.05) is 0 Å². The Morgan fingerprint density at radius 1 is 1.53 bits per heavy atom. The number of carboxylic acid groups (broad SMARTS) is 1. The summed E-state index contributed by atoms with van der Waals surface area (Å²) in [4.78, 5) is 20.0. The minimum Gasteiger partial charge on any atom is -0.501 e. The lowest BCUT2D eigenvalue weighted by atomic mass is 10.1. The van der Waals surface area contributed by atoms with Crippen LogP contribution in [0, 0.1) is 10.1 Å². The first-order chi connectivity index (χ1) is 6.91. The molecule has 0 heterocycles. The smallest absolute Gasteiger partial charge is 0.312 e. The molecule has 6 nitrogen and oxygen atoms in total. The van der Waals surface area contributed by atoms with Crippen molar-refractivity contribution in [3.8, 4) is 5.75 Å². The second-order valence-corrected chi connectivity index (χ2v) is 3.18. The van der Waals surface area contributed by atoms with Gasteiger partial charge in [0.1, 0.15) is 0 Å². The maximum absolute atomic E-state index is 10.5. The summed E-state index contributed by atoms with van der Waals surface area (Å²) in [5.41, 5.74) is -0.434. The van der Waals surface area contributed by atoms with Crippen LogP contribution in [-0.2, 0) is 11.2 Å². The number of nitro groups is 1. The van der Waals surface area contributed by atoms with Gasteiger partial charge in [-0.25, -0.2) is 0 Å². The van der Waals surface area contributed by atoms with Gasteiger partial charge in [-0.15, -0.1) is 0 Å². The van der Waals surface area contributed by atoms with Gasteiger partial charge in [0, 0.05) is 6.07 Å². The topological polar surface area (TPSA) is 101 Å². The van der Waals surface area contributed by atoms with Crippen LogP contribution in [-0.4, -0.2) is 21.1 Å². The molecule has 0 aliphatic carbocycles. The average molecular weight is 232 g/mol. The molecule has 0 unspecified atom stereocenters. The molecule has 0 radical (unpaired) electrons. The van der Waals surface area contributed by atoms with Gasteiger partial charge in [0.25, 0.3) is 0 Å². The molecule has 0 saturated carbocycles. The lowest BCUT2D eigenvalue weighted by molar-refractivity contribution is -0.385. The Bertz CT molecular complexity index is 431. The van der Waals surface area contributed by atoms with E-state index in [4.69, 9.17) is 16.7 Å². The van der Waals surface area contributed by atoms with Gasteiger partial charge in [-0.1, -0.05) is 11.6 Å². The highest BCUT2D eigenvalue weighted by Gasteiger charge is 2.18. The Morgan fingerprint density at radius 2 is 2.13 bits per heavy atom. The quantitative estimate of drug-likeness (QED) is 0.608. The van der Waals surface area contributed by atoms with Crippen molar-refractivity contribution in [3.63, 3.8) is 0 Å². The number of phenolic OH excluding ortho intramolecular Hbond substituents is 1. The van der Waals surface area contributed by atoms with Crippen molar-refractivity contribution in [1.82, 2.24) is 0 Å². The summed E-state index contributed by atoms with van der Waals surface area (Å²) >= 11 is 5.50. The third-order valence-electron chi connectivity index (χ3n) is 1.66. The zero-order valence-corrected chi connectivity index (χ0v) is 8.06. The summed E-state index contributed by atoms with van der Waals surface area (Å²) in [6.07, 6.45) is -0.388. The fourth-order valence-electron chi connectivity index (χ4n) is 1.05. The number of aliphatic carboxylic acids is 1. The van der Waals surface area contributed by atoms with Crippen LogP contribution in [0.25, 0.3) is 0 Å². The predicted octanol–water partition coefficient (Wildman–Crippen LogP) is 1.58. The van der Waals surface area contributed by atoms with E-state index in [1.54, 1.807) is 0 Å². The summed E-state index contributed by atoms with van der Waals surface area (Å²) in [5.74, 6) is -1.79. The van der Waals surface area contributed by atoms with Gasteiger partial charge in [-0.3, -0.25) is 14.9 Å². The molecule has 0 aliphatic rings. The molecule has 1 aromatic carbocycles. The molecule has 0 atom stereocenters. The molecular weight excluding hydrogens is 226 g/mol. The zero-order chi connectivity index (χ0) is 11.6. The number of hydrogen-bond acceptors (Lipinski definition) is 4. The maximum atomic E-state index is 10.5. The molecule has 0 amide bonds. The summed E-state index contributed by atoms with van der Waals surface area (Å²) in [7, 11) is 0. The first kappa shape index (κ1) is 11.3. The molecule has 0 bridgehead atoms. The van der Waals surface area contributed by atoms with Crippen LogP contribution >= 0.6 is 11.6 Å². The number of hydrogen-bond donors (Lipinski definition) is 2. The molecule has 7 heteroatoms. The minimum atomic E-state index is -1.13. The molecular formula is C8H6ClNO5. The first-order valence-electron chi connectivity index (χ1n) is 3.79. The van der Waals surface area contributed by atoms with Crippen LogP contribution in [0.15, 0.2) is 12.1 Å². The predicted molar refractivity (Wildman–Crippen MR) is 51.1 cm³/mol. The number of nitrogens with zero attached hydrogens (tertiary/aromatic N) is 1. The van der Waals surface area contributed by atoms with E-state index >= 15 is 0 Å². The minimum absolute atomic E-state index is 0.164. The Kier molecular flexibility index (Phi) is 3.11. The van der Waals surface area contributed by atoms with Crippen molar-refractivity contribution in [1.29, 1.82) is 0 Å². The number of nitro benzene ring substituents is 1. The van der Waals surface area contributed by atoms with E-state index in [9.17, 15) is 20.0 Å². The molecule has 0 fully saturated rings. The van der Waals surface area contributed by atoms with Crippen molar-refractivity contribution in [2.45, 2.75) is 6.42 Å². The van der Waals surface area contributed by atoms with Gasteiger partial charge >= 0.3 is 11.7 Å². The van der Waals surface area contributed by atoms with Gasteiger partial charge in [0.2, 0.25) is 5.75 Å². The van der Waals surface area contributed by atoms with Crippen LogP contribution in [0.1, 0.15) is 5.56 Å². The second kappa shape index (κ2) is 4.14. The van der Waals surface area contributed by atoms with Crippen LogP contribution in [0.4, 0.5) is 5.69 Å². The summed E-state index contributed by atoms with van der Waals surface area (Å²) in [6, 6.07) is 2.16. The Morgan fingerprint density at radius 3 is 2.60 bits per heavy atom. The molecule has 0 aliphatic heterocycles. The van der Waals surface area contributed by atoms with E-state index in [1.165, 1.54) is 6.07 Å². The summed E-state index contributed by atoms with van der Waals surface area (Å²) < 4.78 is 0. The van der Waals surface area contributed by atoms with Crippen molar-refractivity contribution >= 4 is 23.3 Å². The second-order valence-electron chi connectivity index (χ2n) is 2.77. The number of benzene rings is 1. The van der Waals surface area contributed by atoms with E-state index in [2.05, 4.69) is 0 Å². The van der Waals surface area contributed by atoms with Crippen LogP contribution in [0.5, 0.6) is 5.75 Å². The summed E-state index contributed by atoms with van der Waals surface area (Å²) in [6.45, 7) is 0. The monoisotopic (exact) mass is 231 g/mol. The van der Waals surface area contributed by atoms with Crippen LogP contribution < -0.4 is 0 Å². The number of aromatic hydroxyl groups is 1. The van der Waals surface area contributed by atoms with E-state index < -0.39 is 22.3 Å². The normalized spacial score (nSPS) is 9.93. The van der Waals surface area contributed by atoms with Gasteiger partial charge in [0.15, 0.2) is 0 Å². The van der Waals surface area contributed by atoms with E-state index in [0.717, 1.165) is 6.07 Å². The van der Waals surface area contributed by atoms with Crippen LogP contribution in [0.3, 0.4) is 0 Å². The molecule has 1 rings (SSSR count). The number of carboxylic acids is 1.